The standard InChI is InChI=1S/C50H78B2N2O6S2/c1-11-13-15-17-19-21-23-25-27-29-35-53-43(37-31-33-39(61-37)51-57-47(3,4)48(5,6)58-51)41-42(45(53)55)44(38-32-34-40(62-38)52-59-49(7,8)50(9,10)60-52)54(46(41)56)36-30-28-26-24-22-20-18-16-14-12-2/h31-34H,11-30,35-36H2,1-10H3. The Kier molecular flexibility index (Phi) is 17.0. The number of unbranched alkanes of at least 4 members (excludes halogenated alkanes) is 18. The zero-order chi connectivity index (χ0) is 44.7. The molecule has 12 heteroatoms. The van der Waals surface area contributed by atoms with Gasteiger partial charge >= 0.3 is 14.2 Å². The Morgan fingerprint density at radius 1 is 0.435 bits per heavy atom. The maximum Gasteiger partial charge on any atom is 0.505 e. The van der Waals surface area contributed by atoms with Gasteiger partial charge in [0.15, 0.2) is 0 Å². The minimum atomic E-state index is -0.519. The molecule has 6 rings (SSSR count). The van der Waals surface area contributed by atoms with Gasteiger partial charge in [-0.25, -0.2) is 0 Å². The summed E-state index contributed by atoms with van der Waals surface area (Å²) in [6, 6.07) is 8.24. The predicted molar refractivity (Wildman–Crippen MR) is 261 cm³/mol. The van der Waals surface area contributed by atoms with Crippen LogP contribution in [0, 0.1) is 0 Å². The van der Waals surface area contributed by atoms with Gasteiger partial charge in [-0.15, -0.1) is 22.7 Å². The van der Waals surface area contributed by atoms with E-state index in [1.54, 1.807) is 22.7 Å². The molecule has 0 aromatic carbocycles. The second-order valence-electron chi connectivity index (χ2n) is 20.3. The summed E-state index contributed by atoms with van der Waals surface area (Å²) in [4.78, 5) is 35.9. The molecule has 4 aliphatic heterocycles. The molecule has 8 nitrogen and oxygen atoms in total. The first kappa shape index (κ1) is 49.2. The van der Waals surface area contributed by atoms with Crippen molar-refractivity contribution in [1.29, 1.82) is 0 Å². The summed E-state index contributed by atoms with van der Waals surface area (Å²) < 4.78 is 27.8. The largest absolute Gasteiger partial charge is 0.505 e. The molecule has 2 amide bonds. The lowest BCUT2D eigenvalue weighted by Gasteiger charge is -2.32. The first-order valence-corrected chi connectivity index (χ1v) is 26.2. The van der Waals surface area contributed by atoms with Crippen LogP contribution in [0.4, 0.5) is 0 Å². The van der Waals surface area contributed by atoms with Gasteiger partial charge < -0.3 is 28.4 Å². The van der Waals surface area contributed by atoms with Crippen LogP contribution in [0.15, 0.2) is 35.4 Å². The second-order valence-corrected chi connectivity index (χ2v) is 22.5. The molecule has 0 radical (unpaired) electrons. The van der Waals surface area contributed by atoms with E-state index >= 15 is 9.59 Å². The molecule has 2 saturated heterocycles. The fraction of sp³-hybridized carbons (Fsp3) is 0.720. The third kappa shape index (κ3) is 11.1. The average Bonchev–Trinajstić information content (AvgIpc) is 4.05. The summed E-state index contributed by atoms with van der Waals surface area (Å²) in [5, 5.41) is 0. The van der Waals surface area contributed by atoms with Crippen LogP contribution >= 0.6 is 22.7 Å². The molecule has 0 N–H and O–H groups in total. The monoisotopic (exact) mass is 889 g/mol. The summed E-state index contributed by atoms with van der Waals surface area (Å²) >= 11 is 3.14. The summed E-state index contributed by atoms with van der Waals surface area (Å²) in [5.74, 6) is -0.146. The molecule has 0 aliphatic carbocycles. The Balaban J connectivity index is 1.28. The molecular formula is C50H78B2N2O6S2. The normalized spacial score (nSPS) is 20.3. The van der Waals surface area contributed by atoms with Crippen molar-refractivity contribution in [3.63, 3.8) is 0 Å². The zero-order valence-electron chi connectivity index (χ0n) is 40.2. The van der Waals surface area contributed by atoms with Crippen LogP contribution in [0.5, 0.6) is 0 Å². The van der Waals surface area contributed by atoms with E-state index in [1.165, 1.54) is 89.9 Å². The smallest absolute Gasteiger partial charge is 0.399 e. The van der Waals surface area contributed by atoms with Crippen LogP contribution in [-0.4, -0.2) is 71.3 Å². The Labute approximate surface area is 384 Å². The van der Waals surface area contributed by atoms with Crippen LogP contribution in [0.3, 0.4) is 0 Å². The van der Waals surface area contributed by atoms with E-state index in [2.05, 4.69) is 93.5 Å². The lowest BCUT2D eigenvalue weighted by Crippen LogP contribution is -2.41. The highest BCUT2D eigenvalue weighted by Gasteiger charge is 2.55. The highest BCUT2D eigenvalue weighted by molar-refractivity contribution is 7.23. The topological polar surface area (TPSA) is 77.5 Å². The van der Waals surface area contributed by atoms with Crippen molar-refractivity contribution in [1.82, 2.24) is 9.80 Å². The third-order valence-electron chi connectivity index (χ3n) is 14.3. The Morgan fingerprint density at radius 2 is 0.710 bits per heavy atom. The van der Waals surface area contributed by atoms with Crippen LogP contribution in [0.1, 0.15) is 207 Å². The number of hydrogen-bond donors (Lipinski definition) is 0. The van der Waals surface area contributed by atoms with E-state index in [1.807, 2.05) is 9.80 Å². The van der Waals surface area contributed by atoms with Gasteiger partial charge in [0, 0.05) is 22.6 Å². The fourth-order valence-electron chi connectivity index (χ4n) is 8.98. The first-order valence-electron chi connectivity index (χ1n) is 24.6. The lowest BCUT2D eigenvalue weighted by molar-refractivity contribution is -0.124. The molecule has 2 aromatic rings. The van der Waals surface area contributed by atoms with Crippen LogP contribution in [0.2, 0.25) is 0 Å². The average molecular weight is 889 g/mol. The molecule has 0 bridgehead atoms. The minimum Gasteiger partial charge on any atom is -0.399 e. The lowest BCUT2D eigenvalue weighted by atomic mass is 9.88. The van der Waals surface area contributed by atoms with Gasteiger partial charge in [-0.2, -0.15) is 0 Å². The quantitative estimate of drug-likeness (QED) is 0.0692. The molecule has 6 heterocycles. The Bertz CT molecular complexity index is 1730. The van der Waals surface area contributed by atoms with E-state index in [-0.39, 0.29) is 11.8 Å². The number of thiophene rings is 2. The highest BCUT2D eigenvalue weighted by Crippen LogP contribution is 2.49. The molecule has 342 valence electrons. The van der Waals surface area contributed by atoms with Crippen molar-refractivity contribution < 1.29 is 28.2 Å². The molecule has 2 aromatic heterocycles. The van der Waals surface area contributed by atoms with Gasteiger partial charge in [-0.1, -0.05) is 142 Å². The molecule has 4 aliphatic rings. The maximum absolute atomic E-state index is 15.1. The molecule has 0 saturated carbocycles. The van der Waals surface area contributed by atoms with Crippen molar-refractivity contribution in [2.45, 2.75) is 220 Å². The van der Waals surface area contributed by atoms with Gasteiger partial charge in [0.05, 0.1) is 54.7 Å². The van der Waals surface area contributed by atoms with Gasteiger partial charge in [-0.3, -0.25) is 9.59 Å². The van der Waals surface area contributed by atoms with Crippen molar-refractivity contribution >= 4 is 69.7 Å². The Hall–Kier alpha value is -2.21. The number of nitrogens with zero attached hydrogens (tertiary/aromatic N) is 2. The molecule has 62 heavy (non-hydrogen) atoms. The van der Waals surface area contributed by atoms with Crippen molar-refractivity contribution in [3.05, 3.63) is 45.2 Å². The zero-order valence-corrected chi connectivity index (χ0v) is 41.8. The molecule has 0 spiro atoms. The molecule has 0 atom stereocenters. The number of fused-ring (bicyclic) bond motifs is 1. The van der Waals surface area contributed by atoms with Crippen LogP contribution < -0.4 is 9.55 Å². The first-order chi connectivity index (χ1) is 29.5. The molecular weight excluding hydrogens is 810 g/mol. The van der Waals surface area contributed by atoms with Gasteiger partial charge in [0.25, 0.3) is 11.8 Å². The maximum atomic E-state index is 15.1. The molecule has 2 fully saturated rings. The van der Waals surface area contributed by atoms with E-state index in [0.29, 0.717) is 24.2 Å². The predicted octanol–water partition coefficient (Wildman–Crippen LogP) is 12.1. The third-order valence-corrected chi connectivity index (χ3v) is 16.6. The number of carbonyl (C=O) groups is 2. The highest BCUT2D eigenvalue weighted by atomic mass is 32.1. The summed E-state index contributed by atoms with van der Waals surface area (Å²) in [6.45, 7) is 22.2. The van der Waals surface area contributed by atoms with E-state index in [9.17, 15) is 0 Å². The van der Waals surface area contributed by atoms with E-state index in [4.69, 9.17) is 18.6 Å². The SMILES string of the molecule is CCCCCCCCCCCCN1C(=O)C2=C(c3ccc(B4OC(C)(C)C(C)(C)O4)s3)N(CCCCCCCCCCCC)C(=O)C2=C1c1ccc(B2OC(C)(C)C(C)(C)O2)s1. The van der Waals surface area contributed by atoms with Gasteiger partial charge in [0.1, 0.15) is 0 Å². The number of amides is 2. The number of carbonyl (C=O) groups excluding carboxylic acids is 2. The minimum absolute atomic E-state index is 0.0731. The van der Waals surface area contributed by atoms with Crippen molar-refractivity contribution in [2.75, 3.05) is 13.1 Å². The second kappa shape index (κ2) is 21.4. The summed E-state index contributed by atoms with van der Waals surface area (Å²) in [7, 11) is -1.04. The summed E-state index contributed by atoms with van der Waals surface area (Å²) in [6.07, 6.45) is 24.3. The number of hydrogen-bond acceptors (Lipinski definition) is 8. The van der Waals surface area contributed by atoms with E-state index in [0.717, 1.165) is 69.2 Å². The number of rotatable bonds is 26. The van der Waals surface area contributed by atoms with Crippen molar-refractivity contribution in [2.24, 2.45) is 0 Å². The Morgan fingerprint density at radius 3 is 1.00 bits per heavy atom. The summed E-state index contributed by atoms with van der Waals surface area (Å²) in [5.41, 5.74) is 0.652. The molecule has 0 unspecified atom stereocenters. The fourth-order valence-corrected chi connectivity index (χ4v) is 11.0. The van der Waals surface area contributed by atoms with Crippen LogP contribution in [-0.2, 0) is 28.2 Å². The van der Waals surface area contributed by atoms with Gasteiger partial charge in [-0.05, 0) is 80.4 Å². The van der Waals surface area contributed by atoms with Crippen LogP contribution in [0.25, 0.3) is 11.4 Å². The van der Waals surface area contributed by atoms with Crippen molar-refractivity contribution in [3.8, 4) is 0 Å². The van der Waals surface area contributed by atoms with Gasteiger partial charge in [0.2, 0.25) is 0 Å². The van der Waals surface area contributed by atoms with E-state index < -0.39 is 36.6 Å².